The molecule has 6 rings (SSSR count). The van der Waals surface area contributed by atoms with Crippen LogP contribution in [0.1, 0.15) is 45.3 Å². The number of halogens is 6. The maximum absolute atomic E-state index is 9.13. The number of pyridine rings is 6. The molecule has 0 unspecified atom stereocenters. The lowest BCUT2D eigenvalue weighted by molar-refractivity contribution is 0.238. The Bertz CT molecular complexity index is 1690. The van der Waals surface area contributed by atoms with Crippen molar-refractivity contribution in [1.82, 2.24) is 39.7 Å². The van der Waals surface area contributed by atoms with Crippen molar-refractivity contribution in [2.75, 3.05) is 0 Å². The molecule has 56 heavy (non-hydrogen) atoms. The Balaban J connectivity index is 0.000000252. The third-order valence-corrected chi connectivity index (χ3v) is 7.64. The van der Waals surface area contributed by atoms with Crippen LogP contribution in [0.5, 0.6) is 0 Å². The Kier molecular flexibility index (Phi) is 23.6. The fraction of sp³-hybridized carbons (Fsp3) is 0.231. The first-order valence-corrected chi connectivity index (χ1v) is 21.5. The van der Waals surface area contributed by atoms with Crippen molar-refractivity contribution in [3.8, 4) is 0 Å². The third-order valence-electron chi connectivity index (χ3n) is 7.33. The van der Waals surface area contributed by atoms with Gasteiger partial charge in [0.15, 0.2) is 4.30 Å². The van der Waals surface area contributed by atoms with Gasteiger partial charge < -0.3 is 5.11 Å². The Morgan fingerprint density at radius 2 is 0.786 bits per heavy atom. The van der Waals surface area contributed by atoms with Crippen molar-refractivity contribution in [3.05, 3.63) is 180 Å². The average Bonchev–Trinajstić information content (AvgIpc) is 3.20. The van der Waals surface area contributed by atoms with Gasteiger partial charge in [-0.15, -0.1) is 11.6 Å². The van der Waals surface area contributed by atoms with E-state index in [1.165, 1.54) is 0 Å². The van der Waals surface area contributed by atoms with Gasteiger partial charge in [0.1, 0.15) is 0 Å². The molecule has 10 nitrogen and oxygen atoms in total. The zero-order valence-electron chi connectivity index (χ0n) is 30.0. The molecule has 0 aromatic carbocycles. The predicted octanol–water partition coefficient (Wildman–Crippen LogP) is 9.41. The lowest BCUT2D eigenvalue weighted by Gasteiger charge is -2.21. The highest BCUT2D eigenvalue weighted by Crippen LogP contribution is 2.14. The van der Waals surface area contributed by atoms with Crippen molar-refractivity contribution in [2.24, 2.45) is 0 Å². The summed E-state index contributed by atoms with van der Waals surface area (Å²) in [5.74, 6) is 0.485. The molecule has 296 valence electrons. The van der Waals surface area contributed by atoms with Crippen LogP contribution >= 0.6 is 67.8 Å². The van der Waals surface area contributed by atoms with E-state index in [1.54, 1.807) is 6.20 Å². The number of nitrogens with zero attached hydrogens (tertiary/aromatic N) is 8. The van der Waals surface area contributed by atoms with Crippen molar-refractivity contribution in [2.45, 2.75) is 56.1 Å². The average molecular weight is 898 g/mol. The van der Waals surface area contributed by atoms with Crippen molar-refractivity contribution >= 4 is 77.0 Å². The normalized spacial score (nSPS) is 10.6. The van der Waals surface area contributed by atoms with E-state index < -0.39 is 13.5 Å². The van der Waals surface area contributed by atoms with Gasteiger partial charge in [0, 0.05) is 104 Å². The first kappa shape index (κ1) is 47.0. The Morgan fingerprint density at radius 3 is 1.00 bits per heavy atom. The summed E-state index contributed by atoms with van der Waals surface area (Å²) in [6.07, 6.45) is 10.8. The quantitative estimate of drug-likeness (QED) is 0.0837. The minimum Gasteiger partial charge on any atom is -0.392 e. The topological polar surface area (TPSA) is 121 Å². The van der Waals surface area contributed by atoms with E-state index in [-0.39, 0.29) is 6.61 Å². The van der Waals surface area contributed by atoms with E-state index >= 15 is 0 Å². The highest BCUT2D eigenvalue weighted by Gasteiger charge is 2.12. The molecule has 6 aromatic heterocycles. The van der Waals surface area contributed by atoms with Gasteiger partial charge in [-0.25, -0.2) is 4.21 Å². The number of hydrogen-bond acceptors (Lipinski definition) is 10. The van der Waals surface area contributed by atoms with Crippen LogP contribution in [0, 0.1) is 0 Å². The fourth-order valence-corrected chi connectivity index (χ4v) is 5.10. The third kappa shape index (κ3) is 21.3. The lowest BCUT2D eigenvalue weighted by atomic mass is 10.2. The van der Waals surface area contributed by atoms with Crippen LogP contribution in [0.15, 0.2) is 134 Å². The molecule has 0 aliphatic heterocycles. The molecule has 0 bridgehead atoms. The fourth-order valence-electron chi connectivity index (χ4n) is 4.95. The maximum Gasteiger partial charge on any atom is 0.211 e. The van der Waals surface area contributed by atoms with Crippen LogP contribution in [0.3, 0.4) is 0 Å². The largest absolute Gasteiger partial charge is 0.392 e. The van der Waals surface area contributed by atoms with Gasteiger partial charge in [0.2, 0.25) is 9.23 Å². The molecule has 0 radical (unpaired) electrons. The molecule has 0 aliphatic rings. The number of aliphatic hydroxyl groups is 1. The number of aliphatic hydroxyl groups excluding tert-OH is 1. The number of hydrogen-bond donors (Lipinski definition) is 1. The second kappa shape index (κ2) is 28.1. The number of aromatic nitrogens is 6. The number of rotatable bonds is 14. The van der Waals surface area contributed by atoms with Gasteiger partial charge in [-0.05, 0) is 71.8 Å². The monoisotopic (exact) mass is 894 g/mol. The Morgan fingerprint density at radius 1 is 0.500 bits per heavy atom. The van der Waals surface area contributed by atoms with E-state index in [4.69, 9.17) is 55.7 Å². The maximum atomic E-state index is 9.13. The summed E-state index contributed by atoms with van der Waals surface area (Å²) in [5, 5.41) is 9.13. The molecule has 1 N–H and O–H groups in total. The summed E-state index contributed by atoms with van der Waals surface area (Å²) in [7, 11) is 7.36. The van der Waals surface area contributed by atoms with Gasteiger partial charge >= 0.3 is 0 Å². The highest BCUT2D eigenvalue weighted by molar-refractivity contribution is 8.26. The molecule has 6 aromatic rings. The van der Waals surface area contributed by atoms with Gasteiger partial charge in [-0.2, -0.15) is 0 Å². The summed E-state index contributed by atoms with van der Waals surface area (Å²) in [6, 6.07) is 31.7. The van der Waals surface area contributed by atoms with Gasteiger partial charge in [0.05, 0.1) is 40.8 Å². The molecule has 0 amide bonds. The molecule has 0 spiro atoms. The minimum atomic E-state index is -1.67. The summed E-state index contributed by atoms with van der Waals surface area (Å²) < 4.78 is 8.34. The lowest BCUT2D eigenvalue weighted by Crippen LogP contribution is -2.24. The van der Waals surface area contributed by atoms with E-state index in [9.17, 15) is 0 Å². The standard InChI is InChI=1S/C19H19ClN4.C19H20N4O.CHCl3.Cl2OS/c20-11-16-7-8-19(23-12-16)15-24(13-17-5-1-3-9-21-17)14-18-6-2-4-10-22-18;24-15-16-7-8-19(22-11-16)14-23(12-17-5-1-3-9-20-17)13-18-6-2-4-10-21-18;2-1(3)4;1-4(2)3/h1-10,12H,11,13-15H2;1-11,24H,12-15H2;1H;. The van der Waals surface area contributed by atoms with Gasteiger partial charge in [-0.1, -0.05) is 71.2 Å². The number of alkyl halides is 4. The summed E-state index contributed by atoms with van der Waals surface area (Å²) in [5.41, 5.74) is 7.91. The van der Waals surface area contributed by atoms with Crippen molar-refractivity contribution in [1.29, 1.82) is 0 Å². The molecule has 0 saturated heterocycles. The summed E-state index contributed by atoms with van der Waals surface area (Å²) in [4.78, 5) is 31.2. The van der Waals surface area contributed by atoms with Crippen LogP contribution in [0.25, 0.3) is 0 Å². The van der Waals surface area contributed by atoms with Crippen LogP contribution in [-0.4, -0.2) is 53.3 Å². The molecule has 0 saturated carbocycles. The summed E-state index contributed by atoms with van der Waals surface area (Å²) in [6.45, 7) is 4.38. The van der Waals surface area contributed by atoms with Crippen LogP contribution in [-0.2, 0) is 61.0 Å². The van der Waals surface area contributed by atoms with Crippen molar-refractivity contribution < 1.29 is 9.32 Å². The Hall–Kier alpha value is -3.33. The smallest absolute Gasteiger partial charge is 0.211 e. The van der Waals surface area contributed by atoms with E-state index in [2.05, 4.69) is 61.1 Å². The van der Waals surface area contributed by atoms with Crippen LogP contribution in [0.2, 0.25) is 0 Å². The predicted molar refractivity (Wildman–Crippen MR) is 228 cm³/mol. The van der Waals surface area contributed by atoms with Crippen LogP contribution in [0.4, 0.5) is 0 Å². The zero-order chi connectivity index (χ0) is 40.4. The second-order valence-electron chi connectivity index (χ2n) is 11.6. The summed E-state index contributed by atoms with van der Waals surface area (Å²) >= 11 is 20.2. The molecule has 6 heterocycles. The zero-order valence-corrected chi connectivity index (χ0v) is 35.4. The molecule has 17 heteroatoms. The first-order valence-electron chi connectivity index (χ1n) is 16.9. The van der Waals surface area contributed by atoms with E-state index in [1.807, 2.05) is 128 Å². The van der Waals surface area contributed by atoms with Crippen LogP contribution < -0.4 is 0 Å². The van der Waals surface area contributed by atoms with Gasteiger partial charge in [-0.3, -0.25) is 39.7 Å². The molecular formula is C39H40Cl6N8O2S. The van der Waals surface area contributed by atoms with Crippen molar-refractivity contribution in [3.63, 3.8) is 0 Å². The van der Waals surface area contributed by atoms with E-state index in [0.29, 0.717) is 12.4 Å². The minimum absolute atomic E-state index is 0.0128. The van der Waals surface area contributed by atoms with Gasteiger partial charge in [0.25, 0.3) is 0 Å². The molecule has 0 fully saturated rings. The highest BCUT2D eigenvalue weighted by atomic mass is 36.0. The molecular weight excluding hydrogens is 857 g/mol. The molecule has 0 atom stereocenters. The first-order chi connectivity index (χ1) is 27.1. The van der Waals surface area contributed by atoms with E-state index in [0.717, 1.165) is 78.0 Å². The molecule has 0 aliphatic carbocycles. The second-order valence-corrected chi connectivity index (χ2v) is 16.4. The SMILES string of the molecule is ClC(Cl)Cl.ClCc1ccc(CN(Cc2ccccn2)Cc2ccccn2)nc1.O=S(Cl)Cl.OCc1ccc(CN(Cc2ccccn2)Cc2ccccn2)nc1. The Labute approximate surface area is 359 Å².